The first kappa shape index (κ1) is 33.0. The lowest BCUT2D eigenvalue weighted by Crippen LogP contribution is -2.64. The van der Waals surface area contributed by atoms with Crippen LogP contribution in [0.5, 0.6) is 5.75 Å². The average Bonchev–Trinajstić information content (AvgIpc) is 2.88. The number of benzene rings is 1. The number of rotatable bonds is 11. The molecule has 0 unspecified atom stereocenters. The van der Waals surface area contributed by atoms with Crippen molar-refractivity contribution in [3.63, 3.8) is 0 Å². The summed E-state index contributed by atoms with van der Waals surface area (Å²) in [5.74, 6) is -3.27. The Morgan fingerprint density at radius 1 is 1.02 bits per heavy atom. The molecule has 5 atom stereocenters. The van der Waals surface area contributed by atoms with Crippen LogP contribution in [0.3, 0.4) is 0 Å². The maximum Gasteiger partial charge on any atom is 0.339 e. The minimum absolute atomic E-state index is 0.0809. The van der Waals surface area contributed by atoms with Gasteiger partial charge in [-0.3, -0.25) is 14.4 Å². The summed E-state index contributed by atoms with van der Waals surface area (Å²) in [5.41, 5.74) is 0.669. The van der Waals surface area contributed by atoms with Crippen molar-refractivity contribution < 1.29 is 52.3 Å². The van der Waals surface area contributed by atoms with E-state index in [1.807, 2.05) is 14.1 Å². The van der Waals surface area contributed by atoms with Crippen molar-refractivity contribution in [3.05, 3.63) is 28.8 Å². The lowest BCUT2D eigenvalue weighted by atomic mass is 9.97. The molecule has 1 aromatic carbocycles. The maximum absolute atomic E-state index is 12.6. The lowest BCUT2D eigenvalue weighted by Gasteiger charge is -2.43. The Morgan fingerprint density at radius 3 is 2.17 bits per heavy atom. The highest BCUT2D eigenvalue weighted by molar-refractivity contribution is 7.80. The monoisotopic (exact) mass is 604 g/mol. The third kappa shape index (κ3) is 9.47. The van der Waals surface area contributed by atoms with E-state index in [1.165, 1.54) is 6.07 Å². The predicted octanol–water partition coefficient (Wildman–Crippen LogP) is 1.36. The number of carbonyl (C=O) groups is 4. The fourth-order valence-electron chi connectivity index (χ4n) is 3.66. The molecule has 2 rings (SSSR count). The predicted molar refractivity (Wildman–Crippen MR) is 143 cm³/mol. The molecule has 1 heterocycles. The quantitative estimate of drug-likeness (QED) is 0.220. The van der Waals surface area contributed by atoms with Crippen LogP contribution in [0.4, 0.5) is 0 Å². The molecule has 0 spiro atoms. The fraction of sp³-hybridized carbons (Fsp3) is 0.560. The van der Waals surface area contributed by atoms with Gasteiger partial charge in [0.25, 0.3) is 5.17 Å². The van der Waals surface area contributed by atoms with Gasteiger partial charge in [0, 0.05) is 40.9 Å². The highest BCUT2D eigenvalue weighted by atomic mass is 35.5. The molecule has 1 N–H and O–H groups in total. The van der Waals surface area contributed by atoms with Crippen LogP contribution in [0.2, 0.25) is 5.02 Å². The van der Waals surface area contributed by atoms with Crippen molar-refractivity contribution >= 4 is 52.9 Å². The van der Waals surface area contributed by atoms with E-state index in [4.69, 9.17) is 57.0 Å². The topological polar surface area (TPSA) is 148 Å². The minimum atomic E-state index is -1.59. The van der Waals surface area contributed by atoms with Crippen molar-refractivity contribution in [1.29, 1.82) is 0 Å². The van der Waals surface area contributed by atoms with Crippen LogP contribution in [0.25, 0.3) is 0 Å². The van der Waals surface area contributed by atoms with Crippen molar-refractivity contribution in [3.8, 4) is 5.75 Å². The smallest absolute Gasteiger partial charge is 0.339 e. The summed E-state index contributed by atoms with van der Waals surface area (Å²) in [4.78, 5) is 50.0. The molecular weight excluding hydrogens is 572 g/mol. The molecule has 0 bridgehead atoms. The number of esters is 4. The van der Waals surface area contributed by atoms with Gasteiger partial charge in [0.1, 0.15) is 12.4 Å². The molecule has 1 saturated heterocycles. The summed E-state index contributed by atoms with van der Waals surface area (Å²) >= 11 is 11.7. The van der Waals surface area contributed by atoms with Crippen LogP contribution < -0.4 is 10.1 Å². The Bertz CT molecular complexity index is 1090. The first-order valence-electron chi connectivity index (χ1n) is 12.1. The number of thiocarbonyl (C=S) groups is 1. The van der Waals surface area contributed by atoms with Gasteiger partial charge < -0.3 is 43.4 Å². The number of methoxy groups -OCH3 is 1. The summed E-state index contributed by atoms with van der Waals surface area (Å²) in [7, 11) is 4.73. The van der Waals surface area contributed by atoms with Gasteiger partial charge in [-0.15, -0.1) is 0 Å². The van der Waals surface area contributed by atoms with Crippen LogP contribution in [0.1, 0.15) is 26.3 Å². The molecule has 0 aliphatic carbocycles. The van der Waals surface area contributed by atoms with E-state index in [2.05, 4.69) is 5.32 Å². The average molecular weight is 605 g/mol. The highest BCUT2D eigenvalue weighted by Crippen LogP contribution is 2.34. The summed E-state index contributed by atoms with van der Waals surface area (Å²) in [6.07, 6.45) is -7.58. The Morgan fingerprint density at radius 2 is 1.62 bits per heavy atom. The highest BCUT2D eigenvalue weighted by Gasteiger charge is 2.55. The molecule has 1 aliphatic heterocycles. The molecule has 40 heavy (non-hydrogen) atoms. The van der Waals surface area contributed by atoms with Crippen LogP contribution >= 0.6 is 23.8 Å². The first-order valence-corrected chi connectivity index (χ1v) is 12.9. The van der Waals surface area contributed by atoms with Crippen LogP contribution in [-0.4, -0.2) is 99.0 Å². The van der Waals surface area contributed by atoms with Crippen LogP contribution in [-0.2, 0) is 54.2 Å². The molecule has 0 aromatic heterocycles. The van der Waals surface area contributed by atoms with E-state index < -0.39 is 54.6 Å². The largest absolute Gasteiger partial charge is 0.467 e. The van der Waals surface area contributed by atoms with Gasteiger partial charge in [-0.1, -0.05) is 17.7 Å². The van der Waals surface area contributed by atoms with Gasteiger partial charge in [0.15, 0.2) is 18.3 Å². The van der Waals surface area contributed by atoms with Gasteiger partial charge in [0.05, 0.1) is 12.1 Å². The Balaban J connectivity index is 2.32. The zero-order valence-electron chi connectivity index (χ0n) is 23.0. The lowest BCUT2D eigenvalue weighted by molar-refractivity contribution is -0.282. The Kier molecular flexibility index (Phi) is 12.8. The number of hydrogen-bond donors (Lipinski definition) is 1. The number of ether oxygens (including phenoxy) is 7. The fourth-order valence-corrected chi connectivity index (χ4v) is 4.05. The van der Waals surface area contributed by atoms with Gasteiger partial charge in [0.2, 0.25) is 12.4 Å². The SMILES string of the molecule is CNCCN(C)C(=S)OCc1ccc(O[C@@H]2O[C@H](C(=O)OC)[C@@H](OC(C)=O)[C@H](OC(C)=O)[C@H]2OC(C)=O)c(Cl)c1. The molecule has 222 valence electrons. The second kappa shape index (κ2) is 15.6. The first-order chi connectivity index (χ1) is 18.9. The van der Waals surface area contributed by atoms with Gasteiger partial charge in [-0.25, -0.2) is 4.79 Å². The number of nitrogens with one attached hydrogen (secondary N) is 1. The van der Waals surface area contributed by atoms with E-state index >= 15 is 0 Å². The molecule has 1 aliphatic rings. The summed E-state index contributed by atoms with van der Waals surface area (Å²) in [6.45, 7) is 4.80. The van der Waals surface area contributed by atoms with Crippen LogP contribution in [0.15, 0.2) is 18.2 Å². The third-order valence-electron chi connectivity index (χ3n) is 5.45. The van der Waals surface area contributed by atoms with Gasteiger partial charge in [-0.2, -0.15) is 0 Å². The molecular formula is C25H33ClN2O11S. The second-order valence-corrected chi connectivity index (χ2v) is 9.39. The number of likely N-dealkylation sites (N-methyl/N-ethyl adjacent to an activating group) is 2. The van der Waals surface area contributed by atoms with E-state index in [9.17, 15) is 19.2 Å². The maximum atomic E-state index is 12.6. The molecule has 0 saturated carbocycles. The van der Waals surface area contributed by atoms with E-state index in [0.29, 0.717) is 17.3 Å². The minimum Gasteiger partial charge on any atom is -0.467 e. The summed E-state index contributed by atoms with van der Waals surface area (Å²) in [6, 6.07) is 4.74. The number of carbonyl (C=O) groups excluding carboxylic acids is 4. The molecule has 1 fully saturated rings. The van der Waals surface area contributed by atoms with Crippen molar-refractivity contribution in [1.82, 2.24) is 10.2 Å². The summed E-state index contributed by atoms with van der Waals surface area (Å²) in [5, 5.41) is 3.46. The van der Waals surface area contributed by atoms with Gasteiger partial charge >= 0.3 is 23.9 Å². The van der Waals surface area contributed by atoms with Crippen molar-refractivity contribution in [2.45, 2.75) is 58.1 Å². The second-order valence-electron chi connectivity index (χ2n) is 8.63. The normalized spacial score (nSPS) is 21.9. The van der Waals surface area contributed by atoms with Crippen molar-refractivity contribution in [2.75, 3.05) is 34.3 Å². The number of halogens is 1. The van der Waals surface area contributed by atoms with E-state index in [1.54, 1.807) is 17.0 Å². The molecule has 15 heteroatoms. The third-order valence-corrected chi connectivity index (χ3v) is 6.17. The number of nitrogens with zero attached hydrogens (tertiary/aromatic N) is 1. The zero-order chi connectivity index (χ0) is 30.0. The zero-order valence-corrected chi connectivity index (χ0v) is 24.5. The van der Waals surface area contributed by atoms with E-state index in [-0.39, 0.29) is 17.4 Å². The van der Waals surface area contributed by atoms with Crippen LogP contribution in [0, 0.1) is 0 Å². The molecule has 0 amide bonds. The standard InChI is InChI=1S/C25H33ClN2O11S/c1-13(29)35-19-20(36-14(2)30)22(37-15(3)31)24(39-21(19)23(32)33-6)38-18-8-7-16(11-17(18)26)12-34-25(40)28(5)10-9-27-4/h7-8,11,19-22,24,27H,9-10,12H2,1-6H3/t19-,20-,21-,22+,24+/m0/s1. The molecule has 13 nitrogen and oxygen atoms in total. The summed E-state index contributed by atoms with van der Waals surface area (Å²) < 4.78 is 38.0. The van der Waals surface area contributed by atoms with E-state index in [0.717, 1.165) is 34.4 Å². The molecule has 1 aromatic rings. The number of hydrogen-bond acceptors (Lipinski definition) is 13. The van der Waals surface area contributed by atoms with Gasteiger partial charge in [-0.05, 0) is 37.0 Å². The Hall–Kier alpha value is -3.20. The molecule has 0 radical (unpaired) electrons. The Labute approximate surface area is 242 Å². The van der Waals surface area contributed by atoms with Crippen molar-refractivity contribution in [2.24, 2.45) is 0 Å².